The molecule has 1 aromatic carbocycles. The molecule has 154 valence electrons. The van der Waals surface area contributed by atoms with E-state index in [4.69, 9.17) is 4.74 Å². The Labute approximate surface area is 171 Å². The lowest BCUT2D eigenvalue weighted by Crippen LogP contribution is -2.34. The number of unbranched alkanes of at least 4 members (excludes halogenated alkanes) is 7. The summed E-state index contributed by atoms with van der Waals surface area (Å²) >= 11 is 0. The molecule has 1 aliphatic rings. The van der Waals surface area contributed by atoms with Gasteiger partial charge in [0.1, 0.15) is 6.10 Å². The summed E-state index contributed by atoms with van der Waals surface area (Å²) in [6.07, 6.45) is 13.4. The van der Waals surface area contributed by atoms with Crippen LogP contribution >= 0.6 is 12.4 Å². The van der Waals surface area contributed by atoms with Crippen LogP contribution in [-0.4, -0.2) is 25.3 Å². The minimum Gasteiger partial charge on any atom is -0.446 e. The minimum atomic E-state index is -0.340. The molecule has 27 heavy (non-hydrogen) atoms. The van der Waals surface area contributed by atoms with Gasteiger partial charge in [-0.1, -0.05) is 64.0 Å². The number of rotatable bonds is 11. The van der Waals surface area contributed by atoms with Crippen LogP contribution in [-0.2, 0) is 11.2 Å². The number of halogens is 1. The number of amides is 1. The van der Waals surface area contributed by atoms with Gasteiger partial charge >= 0.3 is 6.09 Å². The van der Waals surface area contributed by atoms with Gasteiger partial charge in [-0.05, 0) is 56.5 Å². The summed E-state index contributed by atoms with van der Waals surface area (Å²) < 4.78 is 5.46. The summed E-state index contributed by atoms with van der Waals surface area (Å²) in [5, 5.41) is 6.10. The van der Waals surface area contributed by atoms with Crippen LogP contribution in [0.15, 0.2) is 24.3 Å². The molecule has 1 fully saturated rings. The average molecular weight is 397 g/mol. The Morgan fingerprint density at radius 2 is 1.59 bits per heavy atom. The van der Waals surface area contributed by atoms with Gasteiger partial charge < -0.3 is 10.1 Å². The molecule has 1 saturated heterocycles. The number of piperidine rings is 1. The van der Waals surface area contributed by atoms with Gasteiger partial charge in [0.15, 0.2) is 0 Å². The monoisotopic (exact) mass is 396 g/mol. The summed E-state index contributed by atoms with van der Waals surface area (Å²) in [6.45, 7) is 4.11. The van der Waals surface area contributed by atoms with Crippen LogP contribution in [0.5, 0.6) is 0 Å². The highest BCUT2D eigenvalue weighted by molar-refractivity contribution is 5.85. The molecule has 1 aliphatic heterocycles. The van der Waals surface area contributed by atoms with E-state index in [-0.39, 0.29) is 24.6 Å². The van der Waals surface area contributed by atoms with Crippen molar-refractivity contribution in [1.29, 1.82) is 0 Å². The van der Waals surface area contributed by atoms with Crippen molar-refractivity contribution >= 4 is 24.2 Å². The predicted octanol–water partition coefficient (Wildman–Crippen LogP) is 6.09. The second kappa shape index (κ2) is 14.8. The largest absolute Gasteiger partial charge is 0.446 e. The van der Waals surface area contributed by atoms with Crippen molar-refractivity contribution in [1.82, 2.24) is 5.32 Å². The number of aryl methyl sites for hydroxylation is 1. The first kappa shape index (κ1) is 23.8. The zero-order valence-electron chi connectivity index (χ0n) is 16.8. The Morgan fingerprint density at radius 3 is 2.22 bits per heavy atom. The van der Waals surface area contributed by atoms with Gasteiger partial charge in [-0.15, -0.1) is 12.4 Å². The fourth-order valence-corrected chi connectivity index (χ4v) is 3.43. The molecule has 1 amide bonds. The Balaban J connectivity index is 0.00000364. The molecular formula is C22H37ClN2O2. The van der Waals surface area contributed by atoms with E-state index < -0.39 is 0 Å². The Hall–Kier alpha value is -1.26. The molecule has 4 nitrogen and oxygen atoms in total. The van der Waals surface area contributed by atoms with E-state index in [1.807, 2.05) is 12.1 Å². The van der Waals surface area contributed by atoms with Crippen molar-refractivity contribution in [2.45, 2.75) is 83.7 Å². The molecule has 0 radical (unpaired) electrons. The number of benzene rings is 1. The van der Waals surface area contributed by atoms with Gasteiger partial charge in [0.05, 0.1) is 0 Å². The van der Waals surface area contributed by atoms with E-state index >= 15 is 0 Å². The Kier molecular flexibility index (Phi) is 13.0. The Morgan fingerprint density at radius 1 is 1.00 bits per heavy atom. The molecule has 0 aromatic heterocycles. The molecule has 0 unspecified atom stereocenters. The number of carbonyl (C=O) groups is 1. The van der Waals surface area contributed by atoms with Crippen LogP contribution in [0.4, 0.5) is 10.5 Å². The standard InChI is InChI=1S/C22H36N2O2.ClH/c1-2-3-4-5-6-7-8-9-10-19-11-13-20(14-12-19)24-22(25)26-21-15-17-23-18-16-21;/h11-14,21,23H,2-10,15-18H2,1H3,(H,24,25);1H. The highest BCUT2D eigenvalue weighted by Gasteiger charge is 2.17. The lowest BCUT2D eigenvalue weighted by molar-refractivity contribution is 0.0909. The molecule has 0 bridgehead atoms. The number of ether oxygens (including phenoxy) is 1. The third-order valence-electron chi connectivity index (χ3n) is 5.08. The van der Waals surface area contributed by atoms with E-state index in [2.05, 4.69) is 29.7 Å². The smallest absolute Gasteiger partial charge is 0.411 e. The topological polar surface area (TPSA) is 50.4 Å². The van der Waals surface area contributed by atoms with E-state index in [9.17, 15) is 4.79 Å². The third kappa shape index (κ3) is 10.6. The van der Waals surface area contributed by atoms with E-state index in [0.717, 1.165) is 38.0 Å². The lowest BCUT2D eigenvalue weighted by Gasteiger charge is -2.22. The average Bonchev–Trinajstić information content (AvgIpc) is 2.66. The van der Waals surface area contributed by atoms with Crippen LogP contribution in [0.3, 0.4) is 0 Å². The fraction of sp³-hybridized carbons (Fsp3) is 0.682. The fourth-order valence-electron chi connectivity index (χ4n) is 3.43. The zero-order chi connectivity index (χ0) is 18.5. The second-order valence-electron chi connectivity index (χ2n) is 7.40. The van der Waals surface area contributed by atoms with Gasteiger partial charge in [0.25, 0.3) is 0 Å². The lowest BCUT2D eigenvalue weighted by atomic mass is 10.0. The van der Waals surface area contributed by atoms with Gasteiger partial charge in [-0.25, -0.2) is 4.79 Å². The quantitative estimate of drug-likeness (QED) is 0.445. The number of anilines is 1. The maximum Gasteiger partial charge on any atom is 0.411 e. The van der Waals surface area contributed by atoms with Crippen molar-refractivity contribution in [3.05, 3.63) is 29.8 Å². The van der Waals surface area contributed by atoms with Crippen LogP contribution in [0, 0.1) is 0 Å². The van der Waals surface area contributed by atoms with Gasteiger partial charge in [0, 0.05) is 5.69 Å². The van der Waals surface area contributed by atoms with Crippen LogP contribution in [0.1, 0.15) is 76.7 Å². The Bertz CT molecular complexity index is 502. The highest BCUT2D eigenvalue weighted by atomic mass is 35.5. The summed E-state index contributed by atoms with van der Waals surface area (Å²) in [5.41, 5.74) is 2.15. The first-order valence-corrected chi connectivity index (χ1v) is 10.5. The van der Waals surface area contributed by atoms with Gasteiger partial charge in [-0.3, -0.25) is 5.32 Å². The van der Waals surface area contributed by atoms with Crippen LogP contribution < -0.4 is 10.6 Å². The number of nitrogens with one attached hydrogen (secondary N) is 2. The third-order valence-corrected chi connectivity index (χ3v) is 5.08. The molecular weight excluding hydrogens is 360 g/mol. The SMILES string of the molecule is CCCCCCCCCCc1ccc(NC(=O)OC2CCNCC2)cc1.Cl. The molecule has 1 heterocycles. The molecule has 0 aliphatic carbocycles. The molecule has 2 rings (SSSR count). The van der Waals surface area contributed by atoms with Crippen molar-refractivity contribution in [2.75, 3.05) is 18.4 Å². The van der Waals surface area contributed by atoms with Gasteiger partial charge in [0.2, 0.25) is 0 Å². The first-order chi connectivity index (χ1) is 12.8. The maximum atomic E-state index is 12.0. The van der Waals surface area contributed by atoms with E-state index in [1.165, 1.54) is 56.9 Å². The van der Waals surface area contributed by atoms with Crippen LogP contribution in [0.25, 0.3) is 0 Å². The summed E-state index contributed by atoms with van der Waals surface area (Å²) in [4.78, 5) is 12.0. The maximum absolute atomic E-state index is 12.0. The predicted molar refractivity (Wildman–Crippen MR) is 116 cm³/mol. The van der Waals surface area contributed by atoms with Crippen molar-refractivity contribution in [3.8, 4) is 0 Å². The number of hydrogen-bond donors (Lipinski definition) is 2. The molecule has 1 aromatic rings. The highest BCUT2D eigenvalue weighted by Crippen LogP contribution is 2.15. The van der Waals surface area contributed by atoms with Gasteiger partial charge in [-0.2, -0.15) is 0 Å². The number of hydrogen-bond acceptors (Lipinski definition) is 3. The minimum absolute atomic E-state index is 0. The van der Waals surface area contributed by atoms with Crippen LogP contribution in [0.2, 0.25) is 0 Å². The van der Waals surface area contributed by atoms with E-state index in [0.29, 0.717) is 0 Å². The summed E-state index contributed by atoms with van der Waals surface area (Å²) in [6, 6.07) is 8.18. The molecule has 0 spiro atoms. The molecule has 2 N–H and O–H groups in total. The number of carbonyl (C=O) groups excluding carboxylic acids is 1. The molecule has 5 heteroatoms. The van der Waals surface area contributed by atoms with E-state index in [1.54, 1.807) is 0 Å². The first-order valence-electron chi connectivity index (χ1n) is 10.5. The van der Waals surface area contributed by atoms with Crippen molar-refractivity contribution in [2.24, 2.45) is 0 Å². The molecule has 0 saturated carbocycles. The molecule has 0 atom stereocenters. The van der Waals surface area contributed by atoms with Crippen molar-refractivity contribution < 1.29 is 9.53 Å². The summed E-state index contributed by atoms with van der Waals surface area (Å²) in [7, 11) is 0. The normalized spacial score (nSPS) is 14.4. The second-order valence-corrected chi connectivity index (χ2v) is 7.40. The van der Waals surface area contributed by atoms with Crippen molar-refractivity contribution in [3.63, 3.8) is 0 Å². The zero-order valence-corrected chi connectivity index (χ0v) is 17.6. The summed E-state index contributed by atoms with van der Waals surface area (Å²) in [5.74, 6) is 0.